The van der Waals surface area contributed by atoms with Crippen LogP contribution >= 0.6 is 0 Å². The first kappa shape index (κ1) is 17.8. The Kier molecular flexibility index (Phi) is 4.36. The lowest BCUT2D eigenvalue weighted by molar-refractivity contribution is 0.197. The number of fused-ring (bicyclic) bond motifs is 1. The number of carboxylic acid groups (broad SMARTS) is 1. The molecule has 0 saturated heterocycles. The molecule has 3 aromatic rings. The van der Waals surface area contributed by atoms with Gasteiger partial charge in [0.25, 0.3) is 0 Å². The molecule has 0 spiro atoms. The predicted molar refractivity (Wildman–Crippen MR) is 90.7 cm³/mol. The number of halogens is 1. The molecule has 26 heavy (non-hydrogen) atoms. The Hall–Kier alpha value is -3.01. The van der Waals surface area contributed by atoms with E-state index in [9.17, 15) is 22.7 Å². The highest BCUT2D eigenvalue weighted by atomic mass is 32.2. The van der Waals surface area contributed by atoms with Crippen LogP contribution in [0.15, 0.2) is 30.5 Å². The van der Waals surface area contributed by atoms with Crippen molar-refractivity contribution in [2.75, 3.05) is 6.26 Å². The minimum Gasteiger partial charge on any atom is -0.464 e. The van der Waals surface area contributed by atoms with Gasteiger partial charge in [-0.15, -0.1) is 0 Å². The zero-order valence-electron chi connectivity index (χ0n) is 13.8. The second-order valence-corrected chi connectivity index (χ2v) is 7.84. The molecule has 0 aliphatic heterocycles. The Morgan fingerprint density at radius 3 is 2.73 bits per heavy atom. The monoisotopic (exact) mass is 379 g/mol. The van der Waals surface area contributed by atoms with Crippen LogP contribution in [0.1, 0.15) is 11.5 Å². The van der Waals surface area contributed by atoms with E-state index >= 15 is 0 Å². The highest BCUT2D eigenvalue weighted by Crippen LogP contribution is 2.31. The molecule has 0 fully saturated rings. The summed E-state index contributed by atoms with van der Waals surface area (Å²) in [4.78, 5) is 19.1. The Morgan fingerprint density at radius 1 is 1.35 bits per heavy atom. The molecule has 1 N–H and O–H groups in total. The standard InChI is InChI=1S/C16H14FN3O5S/c1-9-7-10-11(20(9)16(21)22)3-4-12(15(10)17)25-14-5-6-18-13(19-14)8-26(2,23)24/h3-7H,8H2,1-2H3,(H,21,22). The molecule has 136 valence electrons. The third-order valence-corrected chi connectivity index (χ3v) is 4.33. The molecule has 0 bridgehead atoms. The van der Waals surface area contributed by atoms with Gasteiger partial charge in [-0.1, -0.05) is 0 Å². The number of rotatable bonds is 4. The third-order valence-electron chi connectivity index (χ3n) is 3.55. The van der Waals surface area contributed by atoms with Gasteiger partial charge in [0.05, 0.1) is 5.52 Å². The maximum absolute atomic E-state index is 14.7. The van der Waals surface area contributed by atoms with Crippen LogP contribution in [-0.4, -0.2) is 40.4 Å². The average Bonchev–Trinajstić information content (AvgIpc) is 2.86. The summed E-state index contributed by atoms with van der Waals surface area (Å²) in [5.41, 5.74) is 0.557. The number of hydrogen-bond acceptors (Lipinski definition) is 6. The van der Waals surface area contributed by atoms with Crippen molar-refractivity contribution in [1.29, 1.82) is 0 Å². The summed E-state index contributed by atoms with van der Waals surface area (Å²) in [5, 5.41) is 9.31. The SMILES string of the molecule is Cc1cc2c(F)c(Oc3ccnc(CS(C)(=O)=O)n3)ccc2n1C(=O)O. The van der Waals surface area contributed by atoms with Gasteiger partial charge in [-0.3, -0.25) is 0 Å². The molecule has 1 aromatic carbocycles. The number of nitrogens with zero attached hydrogens (tertiary/aromatic N) is 3. The van der Waals surface area contributed by atoms with Crippen LogP contribution in [0.2, 0.25) is 0 Å². The van der Waals surface area contributed by atoms with Crippen molar-refractivity contribution >= 4 is 26.8 Å². The molecular weight excluding hydrogens is 365 g/mol. The maximum Gasteiger partial charge on any atom is 0.416 e. The van der Waals surface area contributed by atoms with Crippen LogP contribution in [0.3, 0.4) is 0 Å². The number of hydrogen-bond donors (Lipinski definition) is 1. The lowest BCUT2D eigenvalue weighted by Crippen LogP contribution is -2.09. The first-order valence-electron chi connectivity index (χ1n) is 7.37. The van der Waals surface area contributed by atoms with Crippen molar-refractivity contribution in [2.24, 2.45) is 0 Å². The number of carbonyl (C=O) groups is 1. The van der Waals surface area contributed by atoms with E-state index in [1.807, 2.05) is 0 Å². The molecule has 0 amide bonds. The van der Waals surface area contributed by atoms with E-state index < -0.39 is 21.7 Å². The van der Waals surface area contributed by atoms with Gasteiger partial charge in [0.1, 0.15) is 11.6 Å². The fourth-order valence-corrected chi connectivity index (χ4v) is 3.15. The van der Waals surface area contributed by atoms with E-state index in [0.717, 1.165) is 10.8 Å². The first-order chi connectivity index (χ1) is 12.2. The molecule has 8 nitrogen and oxygen atoms in total. The molecule has 0 saturated carbocycles. The van der Waals surface area contributed by atoms with Gasteiger partial charge in [0.2, 0.25) is 5.88 Å². The molecule has 0 aliphatic rings. The van der Waals surface area contributed by atoms with Gasteiger partial charge >= 0.3 is 6.09 Å². The number of ether oxygens (including phenoxy) is 1. The smallest absolute Gasteiger partial charge is 0.416 e. The third kappa shape index (κ3) is 3.49. The van der Waals surface area contributed by atoms with Crippen molar-refractivity contribution in [1.82, 2.24) is 14.5 Å². The molecule has 10 heteroatoms. The maximum atomic E-state index is 14.7. The van der Waals surface area contributed by atoms with E-state index in [0.29, 0.717) is 5.69 Å². The average molecular weight is 379 g/mol. The van der Waals surface area contributed by atoms with E-state index in [2.05, 4.69) is 9.97 Å². The summed E-state index contributed by atoms with van der Waals surface area (Å²) >= 11 is 0. The van der Waals surface area contributed by atoms with Crippen LogP contribution in [0.25, 0.3) is 10.9 Å². The predicted octanol–water partition coefficient (Wildman–Crippen LogP) is 2.74. The molecule has 0 radical (unpaired) electrons. The van der Waals surface area contributed by atoms with Crippen LogP contribution in [0.5, 0.6) is 11.6 Å². The van der Waals surface area contributed by atoms with Gasteiger partial charge in [0, 0.05) is 29.6 Å². The van der Waals surface area contributed by atoms with Crippen LogP contribution in [0, 0.1) is 12.7 Å². The summed E-state index contributed by atoms with van der Waals surface area (Å²) < 4.78 is 43.7. The Labute approximate surface area is 147 Å². The summed E-state index contributed by atoms with van der Waals surface area (Å²) in [6.45, 7) is 1.55. The van der Waals surface area contributed by atoms with Crippen molar-refractivity contribution in [3.05, 3.63) is 47.8 Å². The minimum atomic E-state index is -3.33. The van der Waals surface area contributed by atoms with Crippen LogP contribution < -0.4 is 4.74 Å². The number of aryl methyl sites for hydroxylation is 1. The van der Waals surface area contributed by atoms with Crippen molar-refractivity contribution in [2.45, 2.75) is 12.7 Å². The van der Waals surface area contributed by atoms with Gasteiger partial charge in [-0.05, 0) is 25.1 Å². The molecular formula is C16H14FN3O5S. The summed E-state index contributed by atoms with van der Waals surface area (Å²) in [6.07, 6.45) is 1.14. The van der Waals surface area contributed by atoms with Crippen LogP contribution in [-0.2, 0) is 15.6 Å². The molecule has 3 rings (SSSR count). The first-order valence-corrected chi connectivity index (χ1v) is 9.43. The Balaban J connectivity index is 1.99. The summed E-state index contributed by atoms with van der Waals surface area (Å²) in [6, 6.07) is 5.48. The van der Waals surface area contributed by atoms with Gasteiger partial charge in [-0.25, -0.2) is 27.2 Å². The van der Waals surface area contributed by atoms with E-state index in [-0.39, 0.29) is 34.1 Å². The van der Waals surface area contributed by atoms with E-state index in [1.54, 1.807) is 6.92 Å². The normalized spacial score (nSPS) is 11.7. The second kappa shape index (κ2) is 6.37. The largest absolute Gasteiger partial charge is 0.464 e. The van der Waals surface area contributed by atoms with Crippen molar-refractivity contribution in [3.8, 4) is 11.6 Å². The second-order valence-electron chi connectivity index (χ2n) is 5.70. The summed E-state index contributed by atoms with van der Waals surface area (Å²) in [5.74, 6) is -1.27. The molecule has 0 atom stereocenters. The van der Waals surface area contributed by atoms with Crippen molar-refractivity contribution in [3.63, 3.8) is 0 Å². The number of aromatic nitrogens is 3. The van der Waals surface area contributed by atoms with Gasteiger partial charge in [0.15, 0.2) is 21.4 Å². The lowest BCUT2D eigenvalue weighted by Gasteiger charge is -2.08. The molecule has 2 aromatic heterocycles. The highest BCUT2D eigenvalue weighted by molar-refractivity contribution is 7.89. The molecule has 0 aliphatic carbocycles. The topological polar surface area (TPSA) is 111 Å². The Bertz CT molecular complexity index is 1120. The minimum absolute atomic E-state index is 0.0220. The highest BCUT2D eigenvalue weighted by Gasteiger charge is 2.18. The summed E-state index contributed by atoms with van der Waals surface area (Å²) in [7, 11) is -3.33. The number of sulfone groups is 1. The zero-order valence-corrected chi connectivity index (χ0v) is 14.6. The lowest BCUT2D eigenvalue weighted by atomic mass is 10.2. The van der Waals surface area contributed by atoms with Gasteiger partial charge < -0.3 is 9.84 Å². The zero-order chi connectivity index (χ0) is 19.1. The van der Waals surface area contributed by atoms with E-state index in [4.69, 9.17) is 4.74 Å². The Morgan fingerprint density at radius 2 is 2.08 bits per heavy atom. The quantitative estimate of drug-likeness (QED) is 0.742. The van der Waals surface area contributed by atoms with Crippen molar-refractivity contribution < 1.29 is 27.4 Å². The van der Waals surface area contributed by atoms with E-state index in [1.165, 1.54) is 30.5 Å². The van der Waals surface area contributed by atoms with Gasteiger partial charge in [-0.2, -0.15) is 4.98 Å². The molecule has 2 heterocycles. The number of benzene rings is 1. The fraction of sp³-hybridized carbons (Fsp3) is 0.188. The fourth-order valence-electron chi connectivity index (χ4n) is 2.55. The molecule has 0 unspecified atom stereocenters. The van der Waals surface area contributed by atoms with Crippen LogP contribution in [0.4, 0.5) is 9.18 Å².